The minimum absolute atomic E-state index is 0.565. The first kappa shape index (κ1) is 28.7. The maximum atomic E-state index is 6.03. The molecule has 0 aromatic heterocycles. The van der Waals surface area contributed by atoms with Gasteiger partial charge in [-0.1, -0.05) is 78.9 Å². The van der Waals surface area contributed by atoms with Crippen molar-refractivity contribution in [2.75, 3.05) is 13.7 Å². The van der Waals surface area contributed by atoms with Gasteiger partial charge in [-0.3, -0.25) is 0 Å². The van der Waals surface area contributed by atoms with Crippen molar-refractivity contribution in [1.82, 2.24) is 4.42 Å². The Balaban J connectivity index is 1.81. The van der Waals surface area contributed by atoms with E-state index in [0.29, 0.717) is 6.61 Å². The summed E-state index contributed by atoms with van der Waals surface area (Å²) in [5.41, 5.74) is 2.94. The molecule has 0 bridgehead atoms. The van der Waals surface area contributed by atoms with Gasteiger partial charge >= 0.3 is 12.8 Å². The average molecular weight is 569 g/mol. The van der Waals surface area contributed by atoms with E-state index in [9.17, 15) is 0 Å². The van der Waals surface area contributed by atoms with Gasteiger partial charge in [-0.25, -0.2) is 0 Å². The molecule has 4 heteroatoms. The molecule has 0 heterocycles. The van der Waals surface area contributed by atoms with Crippen LogP contribution >= 0.6 is 7.05 Å². The molecule has 0 unspecified atom stereocenters. The molecule has 5 aromatic carbocycles. The Labute approximate surface area is 249 Å². The third-order valence-corrected chi connectivity index (χ3v) is 10.5. The van der Waals surface area contributed by atoms with Gasteiger partial charge in [0.05, 0.1) is 35.2 Å². The van der Waals surface area contributed by atoms with E-state index in [1.54, 1.807) is 7.11 Å². The van der Waals surface area contributed by atoms with Crippen molar-refractivity contribution in [3.63, 3.8) is 0 Å². The van der Waals surface area contributed by atoms with Crippen LogP contribution in [0.3, 0.4) is 0 Å². The summed E-state index contributed by atoms with van der Waals surface area (Å²) >= 11 is 0. The molecular weight excluding hydrogens is 533 g/mol. The maximum Gasteiger partial charge on any atom is 0.327 e. The van der Waals surface area contributed by atoms with E-state index in [1.165, 1.54) is 15.9 Å². The number of methoxy groups -OCH3 is 1. The van der Waals surface area contributed by atoms with Crippen LogP contribution in [0.4, 0.5) is 0 Å². The van der Waals surface area contributed by atoms with E-state index in [-0.39, 0.29) is 0 Å². The van der Waals surface area contributed by atoms with Gasteiger partial charge < -0.3 is 9.47 Å². The lowest BCUT2D eigenvalue weighted by Gasteiger charge is -2.15. The molecule has 3 nitrogen and oxygen atoms in total. The standard InChI is InChI=1S/C38H35NO2P/c1-3-41-38(32-27-29-33(40-2)30-28-32)26-16-25-37(31-17-8-4-9-18-31)39-42(34-19-10-5-11-20-34,35-21-12-6-13-22-35)36-23-14-7-15-24-36/h4-30H,3H2,1-2H3/q+1/b25-16?,38-26-. The van der Waals surface area contributed by atoms with E-state index < -0.39 is 7.05 Å². The molecule has 0 aliphatic heterocycles. The molecule has 0 N–H and O–H groups in total. The summed E-state index contributed by atoms with van der Waals surface area (Å²) in [4.78, 5) is 0. The first-order valence-corrected chi connectivity index (χ1v) is 15.9. The molecule has 0 saturated heterocycles. The molecule has 0 aliphatic rings. The fourth-order valence-electron chi connectivity index (χ4n) is 4.87. The van der Waals surface area contributed by atoms with Gasteiger partial charge in [0, 0.05) is 11.6 Å². The lowest BCUT2D eigenvalue weighted by molar-refractivity contribution is 0.298. The van der Waals surface area contributed by atoms with Crippen LogP contribution in [0.15, 0.2) is 164 Å². The molecular formula is C38H35NO2P+. The van der Waals surface area contributed by atoms with Gasteiger partial charge in [-0.05, 0) is 85.8 Å². The highest BCUT2D eigenvalue weighted by Gasteiger charge is 2.38. The number of nitrogens with zero attached hydrogens (tertiary/aromatic N) is 1. The van der Waals surface area contributed by atoms with Gasteiger partial charge in [0.1, 0.15) is 11.5 Å². The Morgan fingerprint density at radius 2 is 1.10 bits per heavy atom. The SMILES string of the molecule is CCO/C(=C\C=CC(=[N+]=P(c1ccccc1)(c1ccccc1)c1ccccc1)c1ccccc1)c1ccc(OC)cc1. The molecule has 0 saturated carbocycles. The van der Waals surface area contributed by atoms with E-state index >= 15 is 0 Å². The number of allylic oxidation sites excluding steroid dienone is 3. The molecule has 0 fully saturated rings. The smallest absolute Gasteiger partial charge is 0.327 e. The summed E-state index contributed by atoms with van der Waals surface area (Å²) < 4.78 is 17.2. The van der Waals surface area contributed by atoms with Crippen LogP contribution in [-0.2, 0) is 4.74 Å². The van der Waals surface area contributed by atoms with E-state index in [4.69, 9.17) is 13.9 Å². The lowest BCUT2D eigenvalue weighted by atomic mass is 10.1. The van der Waals surface area contributed by atoms with Crippen molar-refractivity contribution in [3.8, 4) is 5.75 Å². The molecule has 0 aliphatic carbocycles. The summed E-state index contributed by atoms with van der Waals surface area (Å²) in [7, 11) is -0.777. The van der Waals surface area contributed by atoms with Crippen molar-refractivity contribution in [2.24, 2.45) is 0 Å². The first-order valence-electron chi connectivity index (χ1n) is 14.1. The highest BCUT2D eigenvalue weighted by molar-refractivity contribution is 7.87. The number of ether oxygens (including phenoxy) is 2. The normalized spacial score (nSPS) is 11.6. The number of rotatable bonds is 10. The lowest BCUT2D eigenvalue weighted by Crippen LogP contribution is -2.28. The van der Waals surface area contributed by atoms with Crippen molar-refractivity contribution >= 4 is 34.4 Å². The van der Waals surface area contributed by atoms with Crippen molar-refractivity contribution in [2.45, 2.75) is 6.92 Å². The topological polar surface area (TPSA) is 32.6 Å². The second-order valence-electron chi connectivity index (χ2n) is 9.54. The van der Waals surface area contributed by atoms with Crippen LogP contribution in [0.1, 0.15) is 18.1 Å². The third kappa shape index (κ3) is 6.56. The largest absolute Gasteiger partial charge is 0.497 e. The summed E-state index contributed by atoms with van der Waals surface area (Å²) in [6.07, 6.45) is 6.15. The quantitative estimate of drug-likeness (QED) is 0.0580. The molecule has 0 amide bonds. The molecule has 0 spiro atoms. The Hall–Kier alpha value is -4.81. The number of benzene rings is 5. The zero-order valence-corrected chi connectivity index (χ0v) is 24.9. The molecule has 42 heavy (non-hydrogen) atoms. The van der Waals surface area contributed by atoms with Crippen molar-refractivity contribution in [3.05, 3.63) is 175 Å². The average Bonchev–Trinajstić information content (AvgIpc) is 3.07. The van der Waals surface area contributed by atoms with Gasteiger partial charge in [0.15, 0.2) is 0 Å². The van der Waals surface area contributed by atoms with Crippen LogP contribution < -0.4 is 25.1 Å². The van der Waals surface area contributed by atoms with Crippen LogP contribution in [0.25, 0.3) is 5.76 Å². The van der Waals surface area contributed by atoms with Gasteiger partial charge in [0.2, 0.25) is 0 Å². The molecule has 5 aromatic rings. The predicted octanol–water partition coefficient (Wildman–Crippen LogP) is 7.36. The van der Waals surface area contributed by atoms with Gasteiger partial charge in [0.25, 0.3) is 0 Å². The fraction of sp³-hybridized carbons (Fsp3) is 0.0789. The maximum absolute atomic E-state index is 6.03. The fourth-order valence-corrected chi connectivity index (χ4v) is 8.43. The minimum atomic E-state index is -2.45. The zero-order chi connectivity index (χ0) is 29.0. The van der Waals surface area contributed by atoms with E-state index in [2.05, 4.69) is 121 Å². The monoisotopic (exact) mass is 568 g/mol. The van der Waals surface area contributed by atoms with Gasteiger partial charge in [-0.15, -0.1) is 4.42 Å². The first-order chi connectivity index (χ1) is 20.7. The van der Waals surface area contributed by atoms with E-state index in [1.807, 2.05) is 49.4 Å². The predicted molar refractivity (Wildman–Crippen MR) is 180 cm³/mol. The summed E-state index contributed by atoms with van der Waals surface area (Å²) in [5.74, 6) is 1.60. The Morgan fingerprint density at radius 3 is 1.55 bits per heavy atom. The van der Waals surface area contributed by atoms with Crippen molar-refractivity contribution in [1.29, 1.82) is 0 Å². The van der Waals surface area contributed by atoms with Gasteiger partial charge in [-0.2, -0.15) is 0 Å². The van der Waals surface area contributed by atoms with Crippen LogP contribution in [0.2, 0.25) is 0 Å². The van der Waals surface area contributed by atoms with E-state index in [0.717, 1.165) is 28.3 Å². The van der Waals surface area contributed by atoms with Crippen LogP contribution in [0, 0.1) is 0 Å². The summed E-state index contributed by atoms with van der Waals surface area (Å²) in [6, 6.07) is 50.4. The Kier molecular flexibility index (Phi) is 9.70. The zero-order valence-electron chi connectivity index (χ0n) is 24.0. The van der Waals surface area contributed by atoms with Crippen LogP contribution in [0.5, 0.6) is 5.75 Å². The molecule has 0 radical (unpaired) electrons. The summed E-state index contributed by atoms with van der Waals surface area (Å²) in [6.45, 7) is 2.56. The van der Waals surface area contributed by atoms with Crippen molar-refractivity contribution < 1.29 is 9.47 Å². The Bertz CT molecular complexity index is 1620. The molecule has 208 valence electrons. The highest BCUT2D eigenvalue weighted by Crippen LogP contribution is 2.42. The second-order valence-corrected chi connectivity index (χ2v) is 12.6. The minimum Gasteiger partial charge on any atom is -0.497 e. The highest BCUT2D eigenvalue weighted by atomic mass is 31.2. The second kappa shape index (κ2) is 14.2. The number of hydrogen-bond donors (Lipinski definition) is 0. The molecule has 5 rings (SSSR count). The summed E-state index contributed by atoms with van der Waals surface area (Å²) in [5, 5.41) is 3.61. The molecule has 0 atom stereocenters. The number of hydrogen-bond acceptors (Lipinski definition) is 2. The Morgan fingerprint density at radius 1 is 0.619 bits per heavy atom. The third-order valence-electron chi connectivity index (χ3n) is 6.89. The van der Waals surface area contributed by atoms with Crippen LogP contribution in [-0.4, -0.2) is 19.4 Å².